The van der Waals surface area contributed by atoms with E-state index in [1.807, 2.05) is 0 Å². The van der Waals surface area contributed by atoms with Gasteiger partial charge in [0.05, 0.1) is 21.3 Å². The minimum Gasteiger partial charge on any atom is -0.493 e. The van der Waals surface area contributed by atoms with Crippen LogP contribution in [0.1, 0.15) is 21.7 Å². The van der Waals surface area contributed by atoms with Crippen molar-refractivity contribution in [3.8, 4) is 17.2 Å². The van der Waals surface area contributed by atoms with Crippen LogP contribution in [0.15, 0.2) is 34.7 Å². The predicted octanol–water partition coefficient (Wildman–Crippen LogP) is 4.26. The summed E-state index contributed by atoms with van der Waals surface area (Å²) in [4.78, 5) is 12.4. The fourth-order valence-corrected chi connectivity index (χ4v) is 2.84. The first-order chi connectivity index (χ1) is 13.0. The molecule has 2 aromatic carbocycles. The van der Waals surface area contributed by atoms with Gasteiger partial charge in [-0.2, -0.15) is 0 Å². The predicted molar refractivity (Wildman–Crippen MR) is 96.1 cm³/mol. The number of ether oxygens (including phenoxy) is 4. The first-order valence-corrected chi connectivity index (χ1v) is 8.13. The molecule has 0 fully saturated rings. The topological polar surface area (TPSA) is 67.1 Å². The summed E-state index contributed by atoms with van der Waals surface area (Å²) < 4.78 is 40.4. The number of fused-ring (bicyclic) bond motifs is 1. The second-order valence-corrected chi connectivity index (χ2v) is 5.78. The van der Waals surface area contributed by atoms with Crippen LogP contribution in [-0.2, 0) is 11.3 Å². The summed E-state index contributed by atoms with van der Waals surface area (Å²) >= 11 is 0. The first-order valence-electron chi connectivity index (χ1n) is 8.13. The van der Waals surface area contributed by atoms with Crippen LogP contribution in [0.5, 0.6) is 17.2 Å². The van der Waals surface area contributed by atoms with Gasteiger partial charge in [-0.1, -0.05) is 12.1 Å². The van der Waals surface area contributed by atoms with Crippen molar-refractivity contribution in [3.05, 3.63) is 53.0 Å². The molecule has 1 aromatic heterocycles. The lowest BCUT2D eigenvalue weighted by molar-refractivity contribution is 0.0436. The number of carbonyl (C=O) groups is 1. The number of aryl methyl sites for hydroxylation is 1. The van der Waals surface area contributed by atoms with E-state index in [0.29, 0.717) is 33.8 Å². The van der Waals surface area contributed by atoms with Crippen molar-refractivity contribution in [2.45, 2.75) is 13.5 Å². The highest BCUT2D eigenvalue weighted by molar-refractivity contribution is 5.96. The molecule has 0 aliphatic carbocycles. The van der Waals surface area contributed by atoms with E-state index in [0.717, 1.165) is 0 Å². The molecule has 0 aliphatic rings. The first kappa shape index (κ1) is 18.6. The summed E-state index contributed by atoms with van der Waals surface area (Å²) in [6.45, 7) is 1.63. The molecule has 0 spiro atoms. The van der Waals surface area contributed by atoms with Crippen LogP contribution < -0.4 is 14.2 Å². The molecule has 142 valence electrons. The minimum absolute atomic E-state index is 0.0254. The van der Waals surface area contributed by atoms with Crippen molar-refractivity contribution in [3.63, 3.8) is 0 Å². The maximum atomic E-state index is 13.8. The van der Waals surface area contributed by atoms with Gasteiger partial charge in [-0.25, -0.2) is 9.18 Å². The van der Waals surface area contributed by atoms with Crippen LogP contribution in [0.2, 0.25) is 0 Å². The average Bonchev–Trinajstić information content (AvgIpc) is 3.03. The van der Waals surface area contributed by atoms with E-state index in [1.165, 1.54) is 27.4 Å². The standard InChI is InChI=1S/C20H19FO6/c1-11-13-6-5-7-14(21)18(13)27-17(11)20(22)26-10-12-8-15(23-2)19(25-4)16(9-12)24-3/h5-9H,10H2,1-4H3. The van der Waals surface area contributed by atoms with E-state index < -0.39 is 11.8 Å². The molecule has 0 saturated carbocycles. The average molecular weight is 374 g/mol. The van der Waals surface area contributed by atoms with Crippen molar-refractivity contribution >= 4 is 16.9 Å². The van der Waals surface area contributed by atoms with Gasteiger partial charge in [0.25, 0.3) is 0 Å². The third kappa shape index (κ3) is 3.40. The van der Waals surface area contributed by atoms with Gasteiger partial charge in [0, 0.05) is 10.9 Å². The van der Waals surface area contributed by atoms with E-state index in [9.17, 15) is 9.18 Å². The molecule has 0 atom stereocenters. The molecule has 0 amide bonds. The number of hydrogen-bond donors (Lipinski definition) is 0. The molecule has 0 N–H and O–H groups in total. The van der Waals surface area contributed by atoms with Crippen LogP contribution in [0.4, 0.5) is 4.39 Å². The van der Waals surface area contributed by atoms with Gasteiger partial charge in [0.1, 0.15) is 6.61 Å². The van der Waals surface area contributed by atoms with Crippen molar-refractivity contribution in [2.24, 2.45) is 0 Å². The lowest BCUT2D eigenvalue weighted by Gasteiger charge is -2.14. The lowest BCUT2D eigenvalue weighted by atomic mass is 10.1. The van der Waals surface area contributed by atoms with Gasteiger partial charge < -0.3 is 23.4 Å². The number of esters is 1. The Labute approximate surface area is 155 Å². The Bertz CT molecular complexity index is 967. The molecule has 7 heteroatoms. The molecular weight excluding hydrogens is 355 g/mol. The normalized spacial score (nSPS) is 10.7. The molecule has 3 aromatic rings. The Kier molecular flexibility index (Phi) is 5.21. The number of hydrogen-bond acceptors (Lipinski definition) is 6. The van der Waals surface area contributed by atoms with E-state index in [4.69, 9.17) is 23.4 Å². The van der Waals surface area contributed by atoms with Gasteiger partial charge in [0.2, 0.25) is 11.5 Å². The number of rotatable bonds is 6. The van der Waals surface area contributed by atoms with Crippen LogP contribution in [0.25, 0.3) is 11.0 Å². The Hall–Kier alpha value is -3.22. The zero-order valence-corrected chi connectivity index (χ0v) is 15.4. The highest BCUT2D eigenvalue weighted by Crippen LogP contribution is 2.38. The molecule has 1 heterocycles. The van der Waals surface area contributed by atoms with Gasteiger partial charge >= 0.3 is 5.97 Å². The molecule has 0 saturated heterocycles. The molecule has 0 radical (unpaired) electrons. The number of para-hydroxylation sites is 1. The van der Waals surface area contributed by atoms with E-state index >= 15 is 0 Å². The van der Waals surface area contributed by atoms with Crippen LogP contribution >= 0.6 is 0 Å². The van der Waals surface area contributed by atoms with E-state index in [1.54, 1.807) is 31.2 Å². The SMILES string of the molecule is COc1cc(COC(=O)c2oc3c(F)cccc3c2C)cc(OC)c1OC. The zero-order chi connectivity index (χ0) is 19.6. The van der Waals surface area contributed by atoms with Crippen molar-refractivity contribution < 1.29 is 32.5 Å². The largest absolute Gasteiger partial charge is 0.493 e. The number of halogens is 1. The molecule has 3 rings (SSSR count). The van der Waals surface area contributed by atoms with Gasteiger partial charge in [-0.15, -0.1) is 0 Å². The Morgan fingerprint density at radius 3 is 2.30 bits per heavy atom. The second-order valence-electron chi connectivity index (χ2n) is 5.78. The van der Waals surface area contributed by atoms with Gasteiger partial charge in [0.15, 0.2) is 22.9 Å². The van der Waals surface area contributed by atoms with Crippen molar-refractivity contribution in [1.29, 1.82) is 0 Å². The molecule has 0 unspecified atom stereocenters. The van der Waals surface area contributed by atoms with E-state index in [2.05, 4.69) is 0 Å². The number of methoxy groups -OCH3 is 3. The highest BCUT2D eigenvalue weighted by Gasteiger charge is 2.21. The maximum Gasteiger partial charge on any atom is 0.374 e. The van der Waals surface area contributed by atoms with Crippen LogP contribution in [-0.4, -0.2) is 27.3 Å². The van der Waals surface area contributed by atoms with Crippen LogP contribution in [0, 0.1) is 12.7 Å². The quantitative estimate of drug-likeness (QED) is 0.601. The molecule has 0 aliphatic heterocycles. The Morgan fingerprint density at radius 2 is 1.74 bits per heavy atom. The fourth-order valence-electron chi connectivity index (χ4n) is 2.84. The minimum atomic E-state index is -0.683. The van der Waals surface area contributed by atoms with Crippen molar-refractivity contribution in [2.75, 3.05) is 21.3 Å². The number of furan rings is 1. The monoisotopic (exact) mass is 374 g/mol. The highest BCUT2D eigenvalue weighted by atomic mass is 19.1. The Balaban J connectivity index is 1.84. The van der Waals surface area contributed by atoms with E-state index in [-0.39, 0.29) is 18.0 Å². The van der Waals surface area contributed by atoms with Crippen molar-refractivity contribution in [1.82, 2.24) is 0 Å². The van der Waals surface area contributed by atoms with Crippen LogP contribution in [0.3, 0.4) is 0 Å². The molecular formula is C20H19FO6. The third-order valence-corrected chi connectivity index (χ3v) is 4.20. The summed E-state index contributed by atoms with van der Waals surface area (Å²) in [6.07, 6.45) is 0. The summed E-state index contributed by atoms with van der Waals surface area (Å²) in [5, 5.41) is 0.537. The fraction of sp³-hybridized carbons (Fsp3) is 0.250. The molecule has 6 nitrogen and oxygen atoms in total. The van der Waals surface area contributed by atoms with Gasteiger partial charge in [-0.3, -0.25) is 0 Å². The smallest absolute Gasteiger partial charge is 0.374 e. The summed E-state index contributed by atoms with van der Waals surface area (Å²) in [7, 11) is 4.50. The zero-order valence-electron chi connectivity index (χ0n) is 15.4. The summed E-state index contributed by atoms with van der Waals surface area (Å²) in [5.41, 5.74) is 1.20. The lowest BCUT2D eigenvalue weighted by Crippen LogP contribution is -2.06. The second kappa shape index (κ2) is 7.57. The maximum absolute atomic E-state index is 13.8. The van der Waals surface area contributed by atoms with Gasteiger partial charge in [-0.05, 0) is 30.7 Å². The Morgan fingerprint density at radius 1 is 1.07 bits per heavy atom. The molecule has 27 heavy (non-hydrogen) atoms. The molecule has 0 bridgehead atoms. The summed E-state index contributed by atoms with van der Waals surface area (Å²) in [6, 6.07) is 7.88. The number of carbonyl (C=O) groups excluding carboxylic acids is 1. The summed E-state index contributed by atoms with van der Waals surface area (Å²) in [5.74, 6) is 0.104. The third-order valence-electron chi connectivity index (χ3n) is 4.20. The number of benzene rings is 2.